The smallest absolute Gasteiger partial charge is 0.274 e. The Morgan fingerprint density at radius 1 is 1.17 bits per heavy atom. The largest absolute Gasteiger partial charge is 0.497 e. The van der Waals surface area contributed by atoms with Crippen LogP contribution in [0.15, 0.2) is 60.7 Å². The topological polar surface area (TPSA) is 84.8 Å². The summed E-state index contributed by atoms with van der Waals surface area (Å²) in [6.07, 6.45) is 0. The van der Waals surface area contributed by atoms with E-state index in [9.17, 15) is 4.79 Å². The molecule has 0 bridgehead atoms. The predicted octanol–water partition coefficient (Wildman–Crippen LogP) is 4.54. The maximum atomic E-state index is 12.6. The fourth-order valence-corrected chi connectivity index (χ4v) is 3.17. The lowest BCUT2D eigenvalue weighted by atomic mass is 10.1. The molecule has 0 aliphatic carbocycles. The van der Waals surface area contributed by atoms with Crippen LogP contribution in [0.25, 0.3) is 11.3 Å². The number of ether oxygens (including phenoxy) is 1. The van der Waals surface area contributed by atoms with Gasteiger partial charge in [0.05, 0.1) is 19.3 Å². The first kappa shape index (κ1) is 19.7. The number of anilines is 1. The third-order valence-electron chi connectivity index (χ3n) is 4.66. The van der Waals surface area contributed by atoms with Gasteiger partial charge in [0, 0.05) is 22.3 Å². The molecule has 0 fully saturated rings. The summed E-state index contributed by atoms with van der Waals surface area (Å²) in [6.45, 7) is 2.53. The third-order valence-corrected chi connectivity index (χ3v) is 4.91. The van der Waals surface area contributed by atoms with Gasteiger partial charge >= 0.3 is 0 Å². The Morgan fingerprint density at radius 3 is 2.73 bits per heavy atom. The summed E-state index contributed by atoms with van der Waals surface area (Å²) in [7, 11) is 1.61. The normalized spacial score (nSPS) is 10.8. The summed E-state index contributed by atoms with van der Waals surface area (Å²) >= 11 is 5.94. The molecule has 0 aliphatic heterocycles. The van der Waals surface area contributed by atoms with Gasteiger partial charge in [-0.25, -0.2) is 0 Å². The van der Waals surface area contributed by atoms with E-state index in [4.69, 9.17) is 16.3 Å². The van der Waals surface area contributed by atoms with Crippen molar-refractivity contribution >= 4 is 23.3 Å². The van der Waals surface area contributed by atoms with Crippen LogP contribution in [0.5, 0.6) is 5.75 Å². The van der Waals surface area contributed by atoms with E-state index in [1.165, 1.54) is 0 Å². The van der Waals surface area contributed by atoms with E-state index in [-0.39, 0.29) is 5.91 Å². The van der Waals surface area contributed by atoms with Crippen molar-refractivity contribution in [1.82, 2.24) is 20.0 Å². The number of aromatic nitrogens is 4. The summed E-state index contributed by atoms with van der Waals surface area (Å²) in [5.41, 5.74) is 3.86. The number of hydrogen-bond donors (Lipinski definition) is 2. The first-order chi connectivity index (χ1) is 14.5. The average Bonchev–Trinajstić information content (AvgIpc) is 3.37. The van der Waals surface area contributed by atoms with E-state index >= 15 is 0 Å². The number of amides is 1. The Kier molecular flexibility index (Phi) is 5.54. The van der Waals surface area contributed by atoms with Gasteiger partial charge in [-0.3, -0.25) is 14.6 Å². The molecular formula is C22H20ClN5O2. The van der Waals surface area contributed by atoms with Crippen LogP contribution in [0.4, 0.5) is 5.82 Å². The number of benzene rings is 2. The van der Waals surface area contributed by atoms with Gasteiger partial charge in [-0.05, 0) is 42.8 Å². The number of aryl methyl sites for hydroxylation is 1. The molecule has 2 aromatic heterocycles. The maximum Gasteiger partial charge on any atom is 0.274 e. The highest BCUT2D eigenvalue weighted by Gasteiger charge is 2.14. The quantitative estimate of drug-likeness (QED) is 0.478. The van der Waals surface area contributed by atoms with E-state index in [2.05, 4.69) is 20.6 Å². The highest BCUT2D eigenvalue weighted by molar-refractivity contribution is 6.30. The minimum absolute atomic E-state index is 0.312. The second-order valence-corrected chi connectivity index (χ2v) is 7.24. The van der Waals surface area contributed by atoms with Gasteiger partial charge in [0.2, 0.25) is 0 Å². The van der Waals surface area contributed by atoms with Gasteiger partial charge in [0.25, 0.3) is 5.91 Å². The Bertz CT molecular complexity index is 1180. The molecule has 0 saturated carbocycles. The van der Waals surface area contributed by atoms with Gasteiger partial charge in [-0.15, -0.1) is 0 Å². The van der Waals surface area contributed by atoms with Crippen LogP contribution in [0.1, 0.15) is 21.7 Å². The van der Waals surface area contributed by atoms with Crippen molar-refractivity contribution in [2.24, 2.45) is 0 Å². The molecule has 4 aromatic rings. The molecule has 0 unspecified atom stereocenters. The molecule has 7 nitrogen and oxygen atoms in total. The van der Waals surface area contributed by atoms with E-state index in [0.717, 1.165) is 22.6 Å². The molecule has 0 spiro atoms. The molecule has 8 heteroatoms. The molecule has 2 N–H and O–H groups in total. The standard InChI is InChI=1S/C22H20ClN5O2/c1-14-10-21(27-28(14)13-15-6-8-17(23)9-7-15)24-22(29)20-12-19(25-26-20)16-4-3-5-18(11-16)30-2/h3-12H,13H2,1-2H3,(H,25,26)(H,24,27,29). The lowest BCUT2D eigenvalue weighted by Crippen LogP contribution is -2.13. The third kappa shape index (κ3) is 4.36. The summed E-state index contributed by atoms with van der Waals surface area (Å²) in [6, 6.07) is 18.6. The number of aromatic amines is 1. The zero-order chi connectivity index (χ0) is 21.1. The van der Waals surface area contributed by atoms with Crippen LogP contribution in [0.3, 0.4) is 0 Å². The monoisotopic (exact) mass is 421 g/mol. The van der Waals surface area contributed by atoms with E-state index in [1.54, 1.807) is 13.2 Å². The van der Waals surface area contributed by atoms with Crippen LogP contribution >= 0.6 is 11.6 Å². The second kappa shape index (κ2) is 8.42. The lowest BCUT2D eigenvalue weighted by Gasteiger charge is -2.04. The minimum Gasteiger partial charge on any atom is -0.497 e. The first-order valence-electron chi connectivity index (χ1n) is 9.32. The highest BCUT2D eigenvalue weighted by atomic mass is 35.5. The maximum absolute atomic E-state index is 12.6. The van der Waals surface area contributed by atoms with Crippen molar-refractivity contribution in [3.05, 3.63) is 82.6 Å². The molecule has 2 heterocycles. The van der Waals surface area contributed by atoms with Gasteiger partial charge in [0.1, 0.15) is 11.4 Å². The molecule has 2 aromatic carbocycles. The van der Waals surface area contributed by atoms with Crippen molar-refractivity contribution in [1.29, 1.82) is 0 Å². The molecule has 4 rings (SSSR count). The van der Waals surface area contributed by atoms with Crippen LogP contribution in [0, 0.1) is 6.92 Å². The van der Waals surface area contributed by atoms with E-state index in [1.807, 2.05) is 66.2 Å². The molecule has 0 aliphatic rings. The average molecular weight is 422 g/mol. The number of nitrogens with zero attached hydrogens (tertiary/aromatic N) is 3. The molecule has 0 atom stereocenters. The number of hydrogen-bond acceptors (Lipinski definition) is 4. The summed E-state index contributed by atoms with van der Waals surface area (Å²) in [5, 5.41) is 15.0. The fourth-order valence-electron chi connectivity index (χ4n) is 3.05. The summed E-state index contributed by atoms with van der Waals surface area (Å²) in [5.74, 6) is 0.889. The number of methoxy groups -OCH3 is 1. The Labute approximate surface area is 178 Å². The van der Waals surface area contributed by atoms with Crippen LogP contribution in [-0.2, 0) is 6.54 Å². The van der Waals surface area contributed by atoms with Crippen molar-refractivity contribution in [2.45, 2.75) is 13.5 Å². The van der Waals surface area contributed by atoms with Gasteiger partial charge in [0.15, 0.2) is 5.82 Å². The zero-order valence-corrected chi connectivity index (χ0v) is 17.3. The van der Waals surface area contributed by atoms with Crippen molar-refractivity contribution < 1.29 is 9.53 Å². The first-order valence-corrected chi connectivity index (χ1v) is 9.70. The Hall–Kier alpha value is -3.58. The predicted molar refractivity (Wildman–Crippen MR) is 116 cm³/mol. The number of rotatable bonds is 6. The van der Waals surface area contributed by atoms with Gasteiger partial charge in [-0.1, -0.05) is 35.9 Å². The van der Waals surface area contributed by atoms with E-state index in [0.29, 0.717) is 28.8 Å². The summed E-state index contributed by atoms with van der Waals surface area (Å²) in [4.78, 5) is 12.6. The SMILES string of the molecule is COc1cccc(-c2cc(C(=O)Nc3cc(C)n(Cc4ccc(Cl)cc4)n3)[nH]n2)c1. The van der Waals surface area contributed by atoms with Crippen LogP contribution < -0.4 is 10.1 Å². The van der Waals surface area contributed by atoms with Crippen LogP contribution in [0.2, 0.25) is 5.02 Å². The number of carbonyl (C=O) groups excluding carboxylic acids is 1. The van der Waals surface area contributed by atoms with Gasteiger partial charge < -0.3 is 10.1 Å². The lowest BCUT2D eigenvalue weighted by molar-refractivity contribution is 0.102. The number of halogens is 1. The van der Waals surface area contributed by atoms with Crippen molar-refractivity contribution in [2.75, 3.05) is 12.4 Å². The van der Waals surface area contributed by atoms with Gasteiger partial charge in [-0.2, -0.15) is 10.2 Å². The fraction of sp³-hybridized carbons (Fsp3) is 0.136. The highest BCUT2D eigenvalue weighted by Crippen LogP contribution is 2.23. The second-order valence-electron chi connectivity index (χ2n) is 6.81. The molecule has 1 amide bonds. The number of carbonyl (C=O) groups is 1. The number of nitrogens with one attached hydrogen (secondary N) is 2. The van der Waals surface area contributed by atoms with Crippen molar-refractivity contribution in [3.63, 3.8) is 0 Å². The van der Waals surface area contributed by atoms with E-state index < -0.39 is 0 Å². The molecule has 30 heavy (non-hydrogen) atoms. The molecule has 152 valence electrons. The minimum atomic E-state index is -0.312. The molecular weight excluding hydrogens is 402 g/mol. The van der Waals surface area contributed by atoms with Crippen LogP contribution in [-0.4, -0.2) is 33.0 Å². The molecule has 0 radical (unpaired) electrons. The van der Waals surface area contributed by atoms with Crippen molar-refractivity contribution in [3.8, 4) is 17.0 Å². The molecule has 0 saturated heterocycles. The Morgan fingerprint density at radius 2 is 1.97 bits per heavy atom. The number of H-pyrrole nitrogens is 1. The Balaban J connectivity index is 1.46. The zero-order valence-electron chi connectivity index (χ0n) is 16.5. The summed E-state index contributed by atoms with van der Waals surface area (Å²) < 4.78 is 7.06.